The van der Waals surface area contributed by atoms with Crippen molar-refractivity contribution in [1.82, 2.24) is 4.98 Å². The van der Waals surface area contributed by atoms with Gasteiger partial charge in [-0.1, -0.05) is 48.5 Å². The lowest BCUT2D eigenvalue weighted by Gasteiger charge is -2.09. The van der Waals surface area contributed by atoms with E-state index in [-0.39, 0.29) is 5.91 Å². The van der Waals surface area contributed by atoms with Gasteiger partial charge in [0, 0.05) is 5.56 Å². The molecule has 2 N–H and O–H groups in total. The zero-order valence-corrected chi connectivity index (χ0v) is 13.3. The summed E-state index contributed by atoms with van der Waals surface area (Å²) in [5.41, 5.74) is 12.0. The zero-order valence-electron chi connectivity index (χ0n) is 13.3. The molecule has 1 heterocycles. The predicted octanol–water partition coefficient (Wildman–Crippen LogP) is 4.09. The molecule has 4 heteroatoms. The number of primary amides is 1. The molecule has 1 atom stereocenters. The van der Waals surface area contributed by atoms with Gasteiger partial charge in [0.2, 0.25) is 11.8 Å². The van der Waals surface area contributed by atoms with Crippen LogP contribution in [-0.4, -0.2) is 10.9 Å². The monoisotopic (exact) mass is 326 g/mol. The average Bonchev–Trinajstić information content (AvgIpc) is 3.20. The zero-order chi connectivity index (χ0) is 17.0. The molecule has 4 aromatic rings. The van der Waals surface area contributed by atoms with Crippen LogP contribution >= 0.6 is 0 Å². The second-order valence-electron chi connectivity index (χ2n) is 6.18. The third-order valence-corrected chi connectivity index (χ3v) is 4.76. The Balaban J connectivity index is 1.82. The molecule has 4 nitrogen and oxygen atoms in total. The topological polar surface area (TPSA) is 69.1 Å². The van der Waals surface area contributed by atoms with Crippen molar-refractivity contribution in [3.63, 3.8) is 0 Å². The van der Waals surface area contributed by atoms with Gasteiger partial charge in [-0.3, -0.25) is 4.79 Å². The normalized spacial score (nSPS) is 15.1. The summed E-state index contributed by atoms with van der Waals surface area (Å²) < 4.78 is 5.96. The van der Waals surface area contributed by atoms with Crippen molar-refractivity contribution in [2.75, 3.05) is 0 Å². The first-order valence-electron chi connectivity index (χ1n) is 8.11. The van der Waals surface area contributed by atoms with E-state index in [9.17, 15) is 4.79 Å². The number of aromatic nitrogens is 1. The van der Waals surface area contributed by atoms with Crippen molar-refractivity contribution in [3.8, 4) is 22.6 Å². The van der Waals surface area contributed by atoms with Gasteiger partial charge in [0.15, 0.2) is 5.58 Å². The highest BCUT2D eigenvalue weighted by atomic mass is 16.3. The number of benzene rings is 3. The summed E-state index contributed by atoms with van der Waals surface area (Å²) in [5.74, 6) is -0.227. The maximum absolute atomic E-state index is 12.1. The number of carbonyl (C=O) groups is 1. The molecular formula is C21H14N2O2. The number of amides is 1. The maximum Gasteiger partial charge on any atom is 0.229 e. The van der Waals surface area contributed by atoms with Crippen LogP contribution in [0, 0.1) is 0 Å². The molecule has 0 bridgehead atoms. The van der Waals surface area contributed by atoms with Gasteiger partial charge in [-0.2, -0.15) is 0 Å². The molecular weight excluding hydrogens is 312 g/mol. The fraction of sp³-hybridized carbons (Fsp3) is 0.0476. The van der Waals surface area contributed by atoms with E-state index in [1.807, 2.05) is 66.7 Å². The minimum Gasteiger partial charge on any atom is -0.436 e. The van der Waals surface area contributed by atoms with E-state index in [2.05, 4.69) is 4.98 Å². The van der Waals surface area contributed by atoms with Crippen molar-refractivity contribution >= 4 is 17.0 Å². The summed E-state index contributed by atoms with van der Waals surface area (Å²) >= 11 is 0. The van der Waals surface area contributed by atoms with Crippen LogP contribution < -0.4 is 5.73 Å². The van der Waals surface area contributed by atoms with Gasteiger partial charge < -0.3 is 10.2 Å². The molecule has 0 spiro atoms. The number of para-hydroxylation sites is 2. The molecule has 1 aliphatic rings. The smallest absolute Gasteiger partial charge is 0.229 e. The summed E-state index contributed by atoms with van der Waals surface area (Å²) in [6.45, 7) is 0. The molecule has 1 unspecified atom stereocenters. The van der Waals surface area contributed by atoms with Crippen molar-refractivity contribution in [2.45, 2.75) is 5.92 Å². The lowest BCUT2D eigenvalue weighted by molar-refractivity contribution is -0.118. The van der Waals surface area contributed by atoms with E-state index in [1.165, 1.54) is 0 Å². The molecule has 5 rings (SSSR count). The summed E-state index contributed by atoms with van der Waals surface area (Å²) in [6.07, 6.45) is 0. The second-order valence-corrected chi connectivity index (χ2v) is 6.18. The highest BCUT2D eigenvalue weighted by Gasteiger charge is 2.34. The number of oxazole rings is 1. The Hall–Kier alpha value is -3.40. The Morgan fingerprint density at radius 1 is 0.880 bits per heavy atom. The Morgan fingerprint density at radius 2 is 1.60 bits per heavy atom. The maximum atomic E-state index is 12.1. The van der Waals surface area contributed by atoms with Crippen LogP contribution in [0.3, 0.4) is 0 Å². The van der Waals surface area contributed by atoms with Crippen LogP contribution in [0.2, 0.25) is 0 Å². The van der Waals surface area contributed by atoms with Crippen molar-refractivity contribution < 1.29 is 9.21 Å². The van der Waals surface area contributed by atoms with Gasteiger partial charge in [-0.15, -0.1) is 0 Å². The molecule has 0 radical (unpaired) electrons. The highest BCUT2D eigenvalue weighted by Crippen LogP contribution is 2.48. The Kier molecular flexibility index (Phi) is 2.82. The van der Waals surface area contributed by atoms with Crippen molar-refractivity contribution in [2.24, 2.45) is 5.73 Å². The predicted molar refractivity (Wildman–Crippen MR) is 95.9 cm³/mol. The summed E-state index contributed by atoms with van der Waals surface area (Å²) in [4.78, 5) is 16.7. The van der Waals surface area contributed by atoms with Crippen LogP contribution in [-0.2, 0) is 4.79 Å². The number of hydrogen-bond acceptors (Lipinski definition) is 3. The van der Waals surface area contributed by atoms with E-state index < -0.39 is 5.92 Å². The van der Waals surface area contributed by atoms with Crippen molar-refractivity contribution in [3.05, 3.63) is 77.9 Å². The number of fused-ring (bicyclic) bond motifs is 4. The molecule has 0 saturated heterocycles. The third kappa shape index (κ3) is 1.94. The van der Waals surface area contributed by atoms with Gasteiger partial charge in [-0.05, 0) is 40.5 Å². The number of carbonyl (C=O) groups excluding carboxylic acids is 1. The van der Waals surface area contributed by atoms with Crippen LogP contribution in [0.4, 0.5) is 0 Å². The first-order valence-corrected chi connectivity index (χ1v) is 8.11. The van der Waals surface area contributed by atoms with Crippen LogP contribution in [0.15, 0.2) is 71.1 Å². The first kappa shape index (κ1) is 14.0. The summed E-state index contributed by atoms with van der Waals surface area (Å²) in [7, 11) is 0. The van der Waals surface area contributed by atoms with Crippen LogP contribution in [0.1, 0.15) is 17.0 Å². The lowest BCUT2D eigenvalue weighted by atomic mass is 9.95. The molecule has 1 aromatic heterocycles. The Morgan fingerprint density at radius 3 is 2.44 bits per heavy atom. The number of rotatable bonds is 2. The fourth-order valence-electron chi connectivity index (χ4n) is 3.73. The molecule has 0 aliphatic heterocycles. The Labute approximate surface area is 143 Å². The molecule has 25 heavy (non-hydrogen) atoms. The second kappa shape index (κ2) is 5.05. The Bertz CT molecular complexity index is 1110. The molecule has 120 valence electrons. The molecule has 1 aliphatic carbocycles. The van der Waals surface area contributed by atoms with Gasteiger partial charge in [0.25, 0.3) is 0 Å². The quantitative estimate of drug-likeness (QED) is 0.603. The van der Waals surface area contributed by atoms with Gasteiger partial charge in [-0.25, -0.2) is 4.98 Å². The number of nitrogens with zero attached hydrogens (tertiary/aromatic N) is 1. The highest BCUT2D eigenvalue weighted by molar-refractivity contribution is 5.99. The average molecular weight is 326 g/mol. The van der Waals surface area contributed by atoms with E-state index in [0.29, 0.717) is 5.89 Å². The number of nitrogens with two attached hydrogens (primary N) is 1. The minimum absolute atomic E-state index is 0.346. The SMILES string of the molecule is NC(=O)C1c2ccccc2-c2c(-c3nc4ccccc4o3)cccc21. The van der Waals surface area contributed by atoms with E-state index >= 15 is 0 Å². The molecule has 0 fully saturated rings. The fourth-order valence-corrected chi connectivity index (χ4v) is 3.73. The third-order valence-electron chi connectivity index (χ3n) is 4.76. The molecule has 0 saturated carbocycles. The molecule has 1 amide bonds. The van der Waals surface area contributed by atoms with Crippen molar-refractivity contribution in [1.29, 1.82) is 0 Å². The van der Waals surface area contributed by atoms with Crippen LogP contribution in [0.5, 0.6) is 0 Å². The van der Waals surface area contributed by atoms with Gasteiger partial charge >= 0.3 is 0 Å². The van der Waals surface area contributed by atoms with E-state index in [1.54, 1.807) is 0 Å². The largest absolute Gasteiger partial charge is 0.436 e. The van der Waals surface area contributed by atoms with E-state index in [0.717, 1.165) is 38.9 Å². The number of hydrogen-bond donors (Lipinski definition) is 1. The lowest BCUT2D eigenvalue weighted by Crippen LogP contribution is -2.20. The van der Waals surface area contributed by atoms with Gasteiger partial charge in [0.1, 0.15) is 5.52 Å². The van der Waals surface area contributed by atoms with Crippen LogP contribution in [0.25, 0.3) is 33.7 Å². The molecule has 3 aromatic carbocycles. The minimum atomic E-state index is -0.435. The first-order chi connectivity index (χ1) is 12.2. The summed E-state index contributed by atoms with van der Waals surface area (Å²) in [5, 5.41) is 0. The standard InChI is InChI=1S/C21H14N2O2/c22-20(24)19-13-7-2-1-6-12(13)18-14(19)8-5-9-15(18)21-23-16-10-3-4-11-17(16)25-21/h1-11,19H,(H2,22,24). The van der Waals surface area contributed by atoms with E-state index in [4.69, 9.17) is 10.2 Å². The van der Waals surface area contributed by atoms with Gasteiger partial charge in [0.05, 0.1) is 5.92 Å². The summed E-state index contributed by atoms with van der Waals surface area (Å²) in [6, 6.07) is 21.4.